The van der Waals surface area contributed by atoms with E-state index in [0.717, 1.165) is 19.6 Å². The Morgan fingerprint density at radius 1 is 1.25 bits per heavy atom. The molecule has 0 radical (unpaired) electrons. The maximum Gasteiger partial charge on any atom is 0.0386 e. The van der Waals surface area contributed by atoms with Crippen molar-refractivity contribution in [2.75, 3.05) is 31.6 Å². The van der Waals surface area contributed by atoms with Crippen molar-refractivity contribution < 1.29 is 0 Å². The summed E-state index contributed by atoms with van der Waals surface area (Å²) >= 11 is 0. The van der Waals surface area contributed by atoms with Gasteiger partial charge in [-0.3, -0.25) is 0 Å². The van der Waals surface area contributed by atoms with Gasteiger partial charge >= 0.3 is 0 Å². The largest absolute Gasteiger partial charge is 0.371 e. The summed E-state index contributed by atoms with van der Waals surface area (Å²) in [7, 11) is 2.15. The second kappa shape index (κ2) is 4.71. The maximum absolute atomic E-state index is 3.29. The summed E-state index contributed by atoms with van der Waals surface area (Å²) in [6.45, 7) is 7.54. The lowest BCUT2D eigenvalue weighted by molar-refractivity contribution is 0.653. The van der Waals surface area contributed by atoms with E-state index < -0.39 is 0 Å². The number of aryl methyl sites for hydroxylation is 1. The molecule has 0 amide bonds. The van der Waals surface area contributed by atoms with E-state index in [0.29, 0.717) is 0 Å². The summed E-state index contributed by atoms with van der Waals surface area (Å²) < 4.78 is 0. The molecule has 0 saturated carbocycles. The SMILES string of the molecule is CC(CN(C)c1ccc(C)cc1)=C1CNC1. The highest BCUT2D eigenvalue weighted by molar-refractivity contribution is 5.48. The molecule has 1 aliphatic heterocycles. The number of hydrogen-bond acceptors (Lipinski definition) is 2. The van der Waals surface area contributed by atoms with Crippen molar-refractivity contribution in [1.82, 2.24) is 5.32 Å². The number of anilines is 1. The standard InChI is InChI=1S/C14H20N2/c1-11-4-6-14(7-5-11)16(3)10-12(2)13-8-15-9-13/h4-7,15H,8-10H2,1-3H3. The molecule has 1 aromatic rings. The van der Waals surface area contributed by atoms with Crippen LogP contribution in [0.15, 0.2) is 35.4 Å². The summed E-state index contributed by atoms with van der Waals surface area (Å²) in [6.07, 6.45) is 0. The number of benzene rings is 1. The van der Waals surface area contributed by atoms with Gasteiger partial charge in [0.05, 0.1) is 0 Å². The van der Waals surface area contributed by atoms with E-state index in [2.05, 4.69) is 55.4 Å². The normalized spacial score (nSPS) is 14.6. The zero-order valence-corrected chi connectivity index (χ0v) is 10.4. The minimum atomic E-state index is 1.03. The van der Waals surface area contributed by atoms with Gasteiger partial charge in [-0.1, -0.05) is 23.3 Å². The van der Waals surface area contributed by atoms with Gasteiger partial charge in [0.2, 0.25) is 0 Å². The lowest BCUT2D eigenvalue weighted by atomic mass is 10.0. The second-order valence-electron chi connectivity index (χ2n) is 4.68. The van der Waals surface area contributed by atoms with E-state index >= 15 is 0 Å². The molecule has 1 aliphatic rings. The van der Waals surface area contributed by atoms with Crippen LogP contribution < -0.4 is 10.2 Å². The van der Waals surface area contributed by atoms with Gasteiger partial charge in [0.15, 0.2) is 0 Å². The minimum Gasteiger partial charge on any atom is -0.371 e. The Kier molecular flexibility index (Phi) is 3.30. The van der Waals surface area contributed by atoms with Crippen LogP contribution in [0.3, 0.4) is 0 Å². The first-order valence-electron chi connectivity index (χ1n) is 5.83. The van der Waals surface area contributed by atoms with Gasteiger partial charge in [-0.15, -0.1) is 0 Å². The first kappa shape index (κ1) is 11.2. The average Bonchev–Trinajstić information content (AvgIpc) is 2.15. The molecule has 0 spiro atoms. The fraction of sp³-hybridized carbons (Fsp3) is 0.429. The van der Waals surface area contributed by atoms with Crippen LogP contribution in [-0.2, 0) is 0 Å². The predicted molar refractivity (Wildman–Crippen MR) is 70.0 cm³/mol. The molecule has 0 bridgehead atoms. The van der Waals surface area contributed by atoms with Gasteiger partial charge in [-0.05, 0) is 31.6 Å². The van der Waals surface area contributed by atoms with Crippen molar-refractivity contribution >= 4 is 5.69 Å². The molecular formula is C14H20N2. The van der Waals surface area contributed by atoms with E-state index in [1.54, 1.807) is 5.57 Å². The van der Waals surface area contributed by atoms with Gasteiger partial charge in [0, 0.05) is 32.4 Å². The highest BCUT2D eigenvalue weighted by Crippen LogP contribution is 2.16. The fourth-order valence-electron chi connectivity index (χ4n) is 1.91. The Bertz CT molecular complexity index is 384. The van der Waals surface area contributed by atoms with Crippen LogP contribution in [0.5, 0.6) is 0 Å². The molecule has 0 atom stereocenters. The second-order valence-corrected chi connectivity index (χ2v) is 4.68. The number of hydrogen-bond donors (Lipinski definition) is 1. The van der Waals surface area contributed by atoms with Crippen LogP contribution in [0, 0.1) is 6.92 Å². The van der Waals surface area contributed by atoms with Crippen LogP contribution in [0.1, 0.15) is 12.5 Å². The molecular weight excluding hydrogens is 196 g/mol. The topological polar surface area (TPSA) is 15.3 Å². The van der Waals surface area contributed by atoms with Gasteiger partial charge in [0.25, 0.3) is 0 Å². The first-order chi connectivity index (χ1) is 7.66. The van der Waals surface area contributed by atoms with Crippen LogP contribution in [-0.4, -0.2) is 26.7 Å². The molecule has 16 heavy (non-hydrogen) atoms. The summed E-state index contributed by atoms with van der Waals surface area (Å²) in [5, 5.41) is 3.29. The van der Waals surface area contributed by atoms with Gasteiger partial charge in [0.1, 0.15) is 0 Å². The summed E-state index contributed by atoms with van der Waals surface area (Å²) in [5.41, 5.74) is 5.68. The summed E-state index contributed by atoms with van der Waals surface area (Å²) in [6, 6.07) is 8.71. The summed E-state index contributed by atoms with van der Waals surface area (Å²) in [5.74, 6) is 0. The highest BCUT2D eigenvalue weighted by atomic mass is 15.1. The smallest absolute Gasteiger partial charge is 0.0386 e. The van der Waals surface area contributed by atoms with Crippen LogP contribution in [0.2, 0.25) is 0 Å². The quantitative estimate of drug-likeness (QED) is 0.780. The lowest BCUT2D eigenvalue weighted by Gasteiger charge is -2.26. The number of likely N-dealkylation sites (N-methyl/N-ethyl adjacent to an activating group) is 1. The Hall–Kier alpha value is -1.28. The Morgan fingerprint density at radius 3 is 2.38 bits per heavy atom. The zero-order chi connectivity index (χ0) is 11.5. The Labute approximate surface area is 98.0 Å². The van der Waals surface area contributed by atoms with Crippen molar-refractivity contribution in [1.29, 1.82) is 0 Å². The van der Waals surface area contributed by atoms with E-state index in [4.69, 9.17) is 0 Å². The van der Waals surface area contributed by atoms with Crippen molar-refractivity contribution in [3.05, 3.63) is 41.0 Å². The Balaban J connectivity index is 2.02. The van der Waals surface area contributed by atoms with Gasteiger partial charge in [-0.25, -0.2) is 0 Å². The van der Waals surface area contributed by atoms with Crippen molar-refractivity contribution in [2.24, 2.45) is 0 Å². The highest BCUT2D eigenvalue weighted by Gasteiger charge is 2.11. The molecule has 1 N–H and O–H groups in total. The molecule has 2 rings (SSSR count). The van der Waals surface area contributed by atoms with Crippen LogP contribution >= 0.6 is 0 Å². The van der Waals surface area contributed by atoms with E-state index in [-0.39, 0.29) is 0 Å². The van der Waals surface area contributed by atoms with E-state index in [1.165, 1.54) is 16.8 Å². The predicted octanol–water partition coefficient (Wildman–Crippen LogP) is 2.35. The van der Waals surface area contributed by atoms with Crippen molar-refractivity contribution in [3.63, 3.8) is 0 Å². The number of nitrogens with zero attached hydrogens (tertiary/aromatic N) is 1. The van der Waals surface area contributed by atoms with Gasteiger partial charge < -0.3 is 10.2 Å². The third-order valence-electron chi connectivity index (χ3n) is 3.23. The van der Waals surface area contributed by atoms with E-state index in [9.17, 15) is 0 Å². The molecule has 86 valence electrons. The third kappa shape index (κ3) is 2.45. The zero-order valence-electron chi connectivity index (χ0n) is 10.4. The van der Waals surface area contributed by atoms with Crippen LogP contribution in [0.4, 0.5) is 5.69 Å². The fourth-order valence-corrected chi connectivity index (χ4v) is 1.91. The molecule has 0 unspecified atom stereocenters. The molecule has 1 heterocycles. The monoisotopic (exact) mass is 216 g/mol. The average molecular weight is 216 g/mol. The van der Waals surface area contributed by atoms with Crippen LogP contribution in [0.25, 0.3) is 0 Å². The minimum absolute atomic E-state index is 1.03. The third-order valence-corrected chi connectivity index (χ3v) is 3.23. The molecule has 0 aromatic heterocycles. The Morgan fingerprint density at radius 2 is 1.88 bits per heavy atom. The van der Waals surface area contributed by atoms with Gasteiger partial charge in [-0.2, -0.15) is 0 Å². The maximum atomic E-state index is 3.29. The lowest BCUT2D eigenvalue weighted by Crippen LogP contribution is -2.36. The molecule has 2 heteroatoms. The molecule has 0 aliphatic carbocycles. The molecule has 1 saturated heterocycles. The first-order valence-corrected chi connectivity index (χ1v) is 5.83. The number of nitrogens with one attached hydrogen (secondary N) is 1. The van der Waals surface area contributed by atoms with Crippen molar-refractivity contribution in [3.8, 4) is 0 Å². The molecule has 1 aromatic carbocycles. The summed E-state index contributed by atoms with van der Waals surface area (Å²) in [4.78, 5) is 2.31. The number of rotatable bonds is 3. The molecule has 2 nitrogen and oxygen atoms in total. The van der Waals surface area contributed by atoms with E-state index in [1.807, 2.05) is 0 Å². The molecule has 1 fully saturated rings. The van der Waals surface area contributed by atoms with Crippen molar-refractivity contribution in [2.45, 2.75) is 13.8 Å².